The Bertz CT molecular complexity index is 406. The van der Waals surface area contributed by atoms with Crippen LogP contribution in [-0.4, -0.2) is 37.5 Å². The van der Waals surface area contributed by atoms with Crippen molar-refractivity contribution >= 4 is 5.69 Å². The van der Waals surface area contributed by atoms with Gasteiger partial charge in [-0.25, -0.2) is 4.39 Å². The molecule has 19 heavy (non-hydrogen) atoms. The van der Waals surface area contributed by atoms with Gasteiger partial charge >= 0.3 is 0 Å². The number of piperidine rings is 1. The van der Waals surface area contributed by atoms with Crippen LogP contribution in [0.25, 0.3) is 0 Å². The molecule has 4 nitrogen and oxygen atoms in total. The first-order valence-corrected chi connectivity index (χ1v) is 6.70. The zero-order valence-corrected chi connectivity index (χ0v) is 11.0. The highest BCUT2D eigenvalue weighted by Crippen LogP contribution is 2.25. The minimum absolute atomic E-state index is 0.0650. The second-order valence-corrected chi connectivity index (χ2v) is 4.76. The molecular weight excluding hydrogens is 247 g/mol. The predicted molar refractivity (Wildman–Crippen MR) is 72.6 cm³/mol. The Balaban J connectivity index is 1.97. The van der Waals surface area contributed by atoms with E-state index in [0.717, 1.165) is 37.2 Å². The van der Waals surface area contributed by atoms with Crippen molar-refractivity contribution in [3.05, 3.63) is 29.6 Å². The average Bonchev–Trinajstić information content (AvgIpc) is 2.45. The molecule has 106 valence electrons. The first kappa shape index (κ1) is 14.2. The topological polar surface area (TPSA) is 58.7 Å². The van der Waals surface area contributed by atoms with Crippen LogP contribution >= 0.6 is 0 Å². The number of benzene rings is 1. The van der Waals surface area contributed by atoms with Crippen molar-refractivity contribution in [1.82, 2.24) is 0 Å². The molecule has 0 radical (unpaired) electrons. The average molecular weight is 268 g/mol. The molecular formula is C14H21FN2O2. The zero-order valence-electron chi connectivity index (χ0n) is 11.0. The SMILES string of the molecule is NCc1cc(F)ccc1N1CCC(OCCO)CC1. The maximum Gasteiger partial charge on any atom is 0.123 e. The summed E-state index contributed by atoms with van der Waals surface area (Å²) in [5.41, 5.74) is 7.53. The Morgan fingerprint density at radius 1 is 1.37 bits per heavy atom. The zero-order chi connectivity index (χ0) is 13.7. The fraction of sp³-hybridized carbons (Fsp3) is 0.571. The van der Waals surface area contributed by atoms with E-state index >= 15 is 0 Å². The maximum absolute atomic E-state index is 13.2. The molecule has 1 heterocycles. The van der Waals surface area contributed by atoms with Gasteiger partial charge in [0.25, 0.3) is 0 Å². The fourth-order valence-corrected chi connectivity index (χ4v) is 2.51. The molecule has 5 heteroatoms. The number of aliphatic hydroxyl groups excluding tert-OH is 1. The minimum Gasteiger partial charge on any atom is -0.394 e. The van der Waals surface area contributed by atoms with Gasteiger partial charge in [0.05, 0.1) is 19.3 Å². The van der Waals surface area contributed by atoms with Gasteiger partial charge < -0.3 is 20.5 Å². The van der Waals surface area contributed by atoms with Crippen molar-refractivity contribution < 1.29 is 14.2 Å². The molecule has 1 aromatic carbocycles. The number of hydrogen-bond acceptors (Lipinski definition) is 4. The molecule has 0 amide bonds. The molecule has 1 aliphatic heterocycles. The number of anilines is 1. The summed E-state index contributed by atoms with van der Waals surface area (Å²) in [4.78, 5) is 2.22. The van der Waals surface area contributed by atoms with Gasteiger partial charge in [0.15, 0.2) is 0 Å². The summed E-state index contributed by atoms with van der Waals surface area (Å²) in [7, 11) is 0. The number of halogens is 1. The molecule has 0 bridgehead atoms. The molecule has 0 saturated carbocycles. The van der Waals surface area contributed by atoms with Gasteiger partial charge in [-0.05, 0) is 36.6 Å². The summed E-state index contributed by atoms with van der Waals surface area (Å²) in [5.74, 6) is -0.245. The quantitative estimate of drug-likeness (QED) is 0.844. The number of aliphatic hydroxyl groups is 1. The molecule has 0 spiro atoms. The highest BCUT2D eigenvalue weighted by atomic mass is 19.1. The van der Waals surface area contributed by atoms with Crippen molar-refractivity contribution in [2.75, 3.05) is 31.2 Å². The van der Waals surface area contributed by atoms with Crippen molar-refractivity contribution in [3.8, 4) is 0 Å². The fourth-order valence-electron chi connectivity index (χ4n) is 2.51. The van der Waals surface area contributed by atoms with Gasteiger partial charge in [-0.15, -0.1) is 0 Å². The van der Waals surface area contributed by atoms with E-state index in [0.29, 0.717) is 13.2 Å². The second kappa shape index (κ2) is 6.84. The third-order valence-corrected chi connectivity index (χ3v) is 3.49. The summed E-state index contributed by atoms with van der Waals surface area (Å²) in [5, 5.41) is 8.74. The van der Waals surface area contributed by atoms with Gasteiger partial charge in [0, 0.05) is 25.3 Å². The number of hydrogen-bond donors (Lipinski definition) is 2. The molecule has 1 aliphatic rings. The van der Waals surface area contributed by atoms with E-state index < -0.39 is 0 Å². The normalized spacial score (nSPS) is 16.9. The van der Waals surface area contributed by atoms with Crippen LogP contribution in [0.4, 0.5) is 10.1 Å². The second-order valence-electron chi connectivity index (χ2n) is 4.76. The van der Waals surface area contributed by atoms with E-state index in [9.17, 15) is 4.39 Å². The number of rotatable bonds is 5. The van der Waals surface area contributed by atoms with Crippen LogP contribution in [0.15, 0.2) is 18.2 Å². The lowest BCUT2D eigenvalue weighted by Gasteiger charge is -2.34. The van der Waals surface area contributed by atoms with Crippen LogP contribution < -0.4 is 10.6 Å². The molecule has 0 unspecified atom stereocenters. The molecule has 1 fully saturated rings. The highest BCUT2D eigenvalue weighted by Gasteiger charge is 2.21. The van der Waals surface area contributed by atoms with Crippen LogP contribution in [0.5, 0.6) is 0 Å². The van der Waals surface area contributed by atoms with Crippen LogP contribution in [0.1, 0.15) is 18.4 Å². The molecule has 0 aliphatic carbocycles. The van der Waals surface area contributed by atoms with Gasteiger partial charge in [0.2, 0.25) is 0 Å². The summed E-state index contributed by atoms with van der Waals surface area (Å²) < 4.78 is 18.7. The molecule has 0 aromatic heterocycles. The van der Waals surface area contributed by atoms with Crippen molar-refractivity contribution in [2.24, 2.45) is 5.73 Å². The third kappa shape index (κ3) is 3.65. The number of nitrogens with two attached hydrogens (primary N) is 1. The lowest BCUT2D eigenvalue weighted by atomic mass is 10.0. The van der Waals surface area contributed by atoms with Crippen LogP contribution in [-0.2, 0) is 11.3 Å². The molecule has 0 atom stereocenters. The Hall–Kier alpha value is -1.17. The minimum atomic E-state index is -0.245. The molecule has 3 N–H and O–H groups in total. The largest absolute Gasteiger partial charge is 0.394 e. The Labute approximate surface area is 113 Å². The number of nitrogens with zero attached hydrogens (tertiary/aromatic N) is 1. The van der Waals surface area contributed by atoms with Crippen molar-refractivity contribution in [2.45, 2.75) is 25.5 Å². The molecule has 1 aromatic rings. The highest BCUT2D eigenvalue weighted by molar-refractivity contribution is 5.54. The molecule has 2 rings (SSSR count). The Morgan fingerprint density at radius 3 is 2.74 bits per heavy atom. The van der Waals surface area contributed by atoms with Gasteiger partial charge in [0.1, 0.15) is 5.82 Å². The first-order chi connectivity index (χ1) is 9.24. The first-order valence-electron chi connectivity index (χ1n) is 6.70. The van der Waals surface area contributed by atoms with Crippen molar-refractivity contribution in [1.29, 1.82) is 0 Å². The summed E-state index contributed by atoms with van der Waals surface area (Å²) >= 11 is 0. The van der Waals surface area contributed by atoms with E-state index in [1.54, 1.807) is 6.07 Å². The standard InChI is InChI=1S/C14H21FN2O2/c15-12-1-2-14(11(9-12)10-16)17-5-3-13(4-6-17)19-8-7-18/h1-2,9,13,18H,3-8,10,16H2. The van der Waals surface area contributed by atoms with Gasteiger partial charge in [-0.3, -0.25) is 0 Å². The smallest absolute Gasteiger partial charge is 0.123 e. The lowest BCUT2D eigenvalue weighted by molar-refractivity contribution is 0.0159. The Morgan fingerprint density at radius 2 is 2.11 bits per heavy atom. The number of ether oxygens (including phenoxy) is 1. The lowest BCUT2D eigenvalue weighted by Crippen LogP contribution is -2.38. The Kier molecular flexibility index (Phi) is 5.13. The maximum atomic E-state index is 13.2. The van der Waals surface area contributed by atoms with Gasteiger partial charge in [-0.1, -0.05) is 0 Å². The van der Waals surface area contributed by atoms with E-state index in [1.807, 2.05) is 0 Å². The summed E-state index contributed by atoms with van der Waals surface area (Å²) in [6.07, 6.45) is 2.05. The van der Waals surface area contributed by atoms with Crippen LogP contribution in [0.2, 0.25) is 0 Å². The predicted octanol–water partition coefficient (Wildman–Crippen LogP) is 1.26. The summed E-state index contributed by atoms with van der Waals surface area (Å²) in [6, 6.07) is 4.78. The van der Waals surface area contributed by atoms with E-state index in [1.165, 1.54) is 12.1 Å². The summed E-state index contributed by atoms with van der Waals surface area (Å²) in [6.45, 7) is 2.54. The van der Waals surface area contributed by atoms with E-state index in [-0.39, 0.29) is 18.5 Å². The van der Waals surface area contributed by atoms with Crippen molar-refractivity contribution in [3.63, 3.8) is 0 Å². The third-order valence-electron chi connectivity index (χ3n) is 3.49. The van der Waals surface area contributed by atoms with E-state index in [2.05, 4.69) is 4.90 Å². The van der Waals surface area contributed by atoms with E-state index in [4.69, 9.17) is 15.6 Å². The van der Waals surface area contributed by atoms with Gasteiger partial charge in [-0.2, -0.15) is 0 Å². The van der Waals surface area contributed by atoms with Crippen LogP contribution in [0, 0.1) is 5.82 Å². The van der Waals surface area contributed by atoms with Crippen LogP contribution in [0.3, 0.4) is 0 Å². The monoisotopic (exact) mass is 268 g/mol. The molecule has 1 saturated heterocycles.